The van der Waals surface area contributed by atoms with Gasteiger partial charge < -0.3 is 19.2 Å². The van der Waals surface area contributed by atoms with Gasteiger partial charge in [-0.3, -0.25) is 4.90 Å². The predicted molar refractivity (Wildman–Crippen MR) is 111 cm³/mol. The molecular formula is C23H30N4O3. The Hall–Kier alpha value is -1.96. The van der Waals surface area contributed by atoms with Gasteiger partial charge in [0.05, 0.1) is 19.3 Å². The van der Waals surface area contributed by atoms with Crippen LogP contribution in [0.15, 0.2) is 34.7 Å². The number of morpholine rings is 1. The minimum absolute atomic E-state index is 0.148. The highest BCUT2D eigenvalue weighted by molar-refractivity contribution is 5.43. The van der Waals surface area contributed by atoms with E-state index in [0.29, 0.717) is 30.3 Å². The van der Waals surface area contributed by atoms with Crippen LogP contribution >= 0.6 is 0 Å². The fourth-order valence-electron chi connectivity index (χ4n) is 5.95. The lowest BCUT2D eigenvalue weighted by atomic mass is 9.85. The van der Waals surface area contributed by atoms with Gasteiger partial charge in [0.25, 0.3) is 0 Å². The van der Waals surface area contributed by atoms with Crippen LogP contribution in [0.4, 0.5) is 6.01 Å². The van der Waals surface area contributed by atoms with Gasteiger partial charge in [-0.2, -0.15) is 0 Å². The average Bonchev–Trinajstić information content (AvgIpc) is 3.02. The van der Waals surface area contributed by atoms with Gasteiger partial charge in [0, 0.05) is 44.1 Å². The fourth-order valence-corrected chi connectivity index (χ4v) is 5.95. The number of hydrogen-bond acceptors (Lipinski definition) is 7. The maximum Gasteiger partial charge on any atom is 0.318 e. The second-order valence-electron chi connectivity index (χ2n) is 9.47. The third kappa shape index (κ3) is 2.98. The lowest BCUT2D eigenvalue weighted by molar-refractivity contribution is 0.0311. The number of anilines is 1. The molecule has 2 aliphatic heterocycles. The van der Waals surface area contributed by atoms with Crippen molar-refractivity contribution in [3.05, 3.63) is 41.8 Å². The Morgan fingerprint density at radius 1 is 1.10 bits per heavy atom. The molecule has 4 atom stereocenters. The van der Waals surface area contributed by atoms with Crippen LogP contribution in [0.25, 0.3) is 0 Å². The highest BCUT2D eigenvalue weighted by Gasteiger charge is 2.71. The third-order valence-corrected chi connectivity index (χ3v) is 7.91. The number of hydrogen-bond donors (Lipinski definition) is 1. The van der Waals surface area contributed by atoms with E-state index in [1.165, 1.54) is 12.0 Å². The summed E-state index contributed by atoms with van der Waals surface area (Å²) >= 11 is 0. The number of rotatable bonds is 5. The molecule has 4 aliphatic rings. The van der Waals surface area contributed by atoms with Gasteiger partial charge in [0.1, 0.15) is 0 Å². The maximum absolute atomic E-state index is 11.3. The fraction of sp³-hybridized carbons (Fsp3) is 0.652. The number of aromatic nitrogens is 2. The molecule has 0 unspecified atom stereocenters. The second kappa shape index (κ2) is 7.32. The van der Waals surface area contributed by atoms with Crippen molar-refractivity contribution in [3.63, 3.8) is 0 Å². The van der Waals surface area contributed by atoms with Gasteiger partial charge in [-0.15, -0.1) is 5.10 Å². The zero-order chi connectivity index (χ0) is 20.1. The second-order valence-corrected chi connectivity index (χ2v) is 9.47. The topological polar surface area (TPSA) is 74.9 Å². The first-order valence-electron chi connectivity index (χ1n) is 11.4. The van der Waals surface area contributed by atoms with Crippen molar-refractivity contribution in [1.29, 1.82) is 0 Å². The monoisotopic (exact) mass is 410 g/mol. The van der Waals surface area contributed by atoms with E-state index in [1.54, 1.807) is 0 Å². The van der Waals surface area contributed by atoms with E-state index < -0.39 is 6.10 Å². The van der Waals surface area contributed by atoms with E-state index in [1.807, 2.05) is 0 Å². The summed E-state index contributed by atoms with van der Waals surface area (Å²) in [6.07, 6.45) is 3.14. The number of ether oxygens (including phenoxy) is 1. The molecule has 3 heterocycles. The van der Waals surface area contributed by atoms with Crippen molar-refractivity contribution < 1.29 is 14.3 Å². The Labute approximate surface area is 177 Å². The smallest absolute Gasteiger partial charge is 0.318 e. The predicted octanol–water partition coefficient (Wildman–Crippen LogP) is 2.25. The van der Waals surface area contributed by atoms with Crippen LogP contribution in [0.3, 0.4) is 0 Å². The molecule has 1 N–H and O–H groups in total. The average molecular weight is 411 g/mol. The molecule has 7 nitrogen and oxygen atoms in total. The largest absolute Gasteiger partial charge is 0.408 e. The van der Waals surface area contributed by atoms with Crippen molar-refractivity contribution in [2.75, 3.05) is 50.8 Å². The van der Waals surface area contributed by atoms with Crippen LogP contribution in [0.2, 0.25) is 0 Å². The highest BCUT2D eigenvalue weighted by Crippen LogP contribution is 2.69. The summed E-state index contributed by atoms with van der Waals surface area (Å²) in [4.78, 5) is 4.62. The van der Waals surface area contributed by atoms with Crippen molar-refractivity contribution in [3.8, 4) is 0 Å². The zero-order valence-corrected chi connectivity index (χ0v) is 17.3. The summed E-state index contributed by atoms with van der Waals surface area (Å²) in [6, 6.07) is 11.3. The van der Waals surface area contributed by atoms with Crippen molar-refractivity contribution in [2.45, 2.75) is 37.2 Å². The first-order chi connectivity index (χ1) is 14.8. The number of benzene rings is 1. The van der Waals surface area contributed by atoms with Gasteiger partial charge in [-0.05, 0) is 30.2 Å². The quantitative estimate of drug-likeness (QED) is 0.810. The minimum atomic E-state index is -0.396. The van der Waals surface area contributed by atoms with Crippen molar-refractivity contribution in [1.82, 2.24) is 15.1 Å². The molecule has 1 aromatic heterocycles. The first kappa shape index (κ1) is 18.8. The summed E-state index contributed by atoms with van der Waals surface area (Å²) in [5.41, 5.74) is 1.18. The van der Waals surface area contributed by atoms with Crippen LogP contribution in [-0.4, -0.2) is 72.2 Å². The molecule has 4 fully saturated rings. The van der Waals surface area contributed by atoms with Gasteiger partial charge >= 0.3 is 6.01 Å². The van der Waals surface area contributed by atoms with Crippen LogP contribution in [0.1, 0.15) is 42.6 Å². The molecule has 2 aromatic rings. The molecule has 2 saturated carbocycles. The van der Waals surface area contributed by atoms with E-state index in [4.69, 9.17) is 9.15 Å². The van der Waals surface area contributed by atoms with Gasteiger partial charge in [-0.1, -0.05) is 41.9 Å². The Bertz CT molecular complexity index is 880. The summed E-state index contributed by atoms with van der Waals surface area (Å²) < 4.78 is 11.6. The molecule has 2 saturated heterocycles. The van der Waals surface area contributed by atoms with E-state index in [-0.39, 0.29) is 5.41 Å². The SMILES string of the molecule is O[C@@H]1CN(c2nnc(C3CCC3)o2)C[C@@]12[C@H](CN1CCOCC1)[C@H]2c1ccccc1. The molecule has 2 aliphatic carbocycles. The molecule has 1 aromatic carbocycles. The number of aliphatic hydroxyl groups is 1. The molecular weight excluding hydrogens is 380 g/mol. The molecule has 7 heteroatoms. The molecule has 0 radical (unpaired) electrons. The normalized spacial score (nSPS) is 34.4. The third-order valence-electron chi connectivity index (χ3n) is 7.91. The summed E-state index contributed by atoms with van der Waals surface area (Å²) in [7, 11) is 0. The highest BCUT2D eigenvalue weighted by atomic mass is 16.5. The molecule has 0 amide bonds. The van der Waals surface area contributed by atoms with Crippen LogP contribution in [0.5, 0.6) is 0 Å². The van der Waals surface area contributed by atoms with E-state index in [9.17, 15) is 5.11 Å². The summed E-state index contributed by atoms with van der Waals surface area (Å²) in [6.45, 7) is 5.90. The van der Waals surface area contributed by atoms with Crippen LogP contribution in [-0.2, 0) is 4.74 Å². The number of nitrogens with zero attached hydrogens (tertiary/aromatic N) is 4. The number of β-amino-alcohol motifs (C(OH)–C–C–N with tert-alkyl or cyclic N) is 1. The Morgan fingerprint density at radius 3 is 2.63 bits per heavy atom. The van der Waals surface area contributed by atoms with Crippen LogP contribution < -0.4 is 4.90 Å². The summed E-state index contributed by atoms with van der Waals surface area (Å²) in [5, 5.41) is 19.9. The molecule has 6 rings (SSSR count). The molecule has 1 spiro atoms. The zero-order valence-electron chi connectivity index (χ0n) is 17.3. The Morgan fingerprint density at radius 2 is 1.90 bits per heavy atom. The first-order valence-corrected chi connectivity index (χ1v) is 11.4. The van der Waals surface area contributed by atoms with Crippen LogP contribution in [0, 0.1) is 11.3 Å². The van der Waals surface area contributed by atoms with Crippen molar-refractivity contribution >= 4 is 6.01 Å². The summed E-state index contributed by atoms with van der Waals surface area (Å²) in [5.74, 6) is 1.98. The lowest BCUT2D eigenvalue weighted by Crippen LogP contribution is -2.39. The number of aliphatic hydroxyl groups excluding tert-OH is 1. The van der Waals surface area contributed by atoms with Gasteiger partial charge in [0.2, 0.25) is 5.89 Å². The van der Waals surface area contributed by atoms with E-state index in [0.717, 1.165) is 58.1 Å². The van der Waals surface area contributed by atoms with E-state index >= 15 is 0 Å². The van der Waals surface area contributed by atoms with E-state index in [2.05, 4.69) is 50.3 Å². The standard InChI is InChI=1S/C23H30N4O3/c28-19-14-27(22-25-24-21(30-22)17-7-4-8-17)15-23(19)18(13-26-9-11-29-12-10-26)20(23)16-5-2-1-3-6-16/h1-3,5-6,17-20,28H,4,7-15H2/t18-,19-,20-,23-/m1/s1. The maximum atomic E-state index is 11.3. The Balaban J connectivity index is 1.25. The molecule has 0 bridgehead atoms. The van der Waals surface area contributed by atoms with Gasteiger partial charge in [-0.25, -0.2) is 0 Å². The molecule has 160 valence electrons. The lowest BCUT2D eigenvalue weighted by Gasteiger charge is -2.27. The molecule has 30 heavy (non-hydrogen) atoms. The minimum Gasteiger partial charge on any atom is -0.408 e. The Kier molecular flexibility index (Phi) is 4.58. The van der Waals surface area contributed by atoms with Crippen molar-refractivity contribution in [2.24, 2.45) is 11.3 Å². The van der Waals surface area contributed by atoms with Gasteiger partial charge in [0.15, 0.2) is 0 Å².